The number of unbranched alkanes of at least 4 members (excludes halogenated alkanes) is 1. The topological polar surface area (TPSA) is 90.8 Å². The molecule has 0 saturated heterocycles. The van der Waals surface area contributed by atoms with Crippen LogP contribution >= 0.6 is 11.8 Å². The third-order valence-corrected chi connectivity index (χ3v) is 6.29. The molecule has 0 unspecified atom stereocenters. The van der Waals surface area contributed by atoms with Crippen molar-refractivity contribution in [3.8, 4) is 11.3 Å². The molecule has 0 bridgehead atoms. The summed E-state index contributed by atoms with van der Waals surface area (Å²) in [6.07, 6.45) is 1.99. The van der Waals surface area contributed by atoms with Crippen LogP contribution < -0.4 is 20.9 Å². The number of hydrogen-bond donors (Lipinski definition) is 3. The van der Waals surface area contributed by atoms with Gasteiger partial charge in [0, 0.05) is 10.9 Å². The number of anilines is 2. The van der Waals surface area contributed by atoms with Gasteiger partial charge in [0.2, 0.25) is 5.16 Å². The average Bonchev–Trinajstić information content (AvgIpc) is 3.00. The lowest BCUT2D eigenvalue weighted by atomic mass is 9.95. The van der Waals surface area contributed by atoms with E-state index in [9.17, 15) is 14.0 Å². The number of aromatic amines is 1. The van der Waals surface area contributed by atoms with Gasteiger partial charge >= 0.3 is 22.8 Å². The molecular formula is C21H19FN5O2S+. The van der Waals surface area contributed by atoms with Gasteiger partial charge < -0.3 is 10.6 Å². The van der Waals surface area contributed by atoms with Crippen molar-refractivity contribution in [2.75, 3.05) is 16.4 Å². The Bertz CT molecular complexity index is 1240. The highest BCUT2D eigenvalue weighted by Crippen LogP contribution is 2.41. The summed E-state index contributed by atoms with van der Waals surface area (Å²) < 4.78 is 15.6. The molecule has 1 spiro atoms. The Kier molecular flexibility index (Phi) is 4.35. The summed E-state index contributed by atoms with van der Waals surface area (Å²) in [5.41, 5.74) is 0.425. The third-order valence-electron chi connectivity index (χ3n) is 5.34. The summed E-state index contributed by atoms with van der Waals surface area (Å²) in [5.74, 6) is -0.117. The number of hydrogen-bond acceptors (Lipinski definition) is 5. The Morgan fingerprint density at radius 2 is 2.00 bits per heavy atom. The van der Waals surface area contributed by atoms with Crippen molar-refractivity contribution < 1.29 is 13.9 Å². The fourth-order valence-electron chi connectivity index (χ4n) is 3.92. The Balaban J connectivity index is 1.80. The largest absolute Gasteiger partial charge is 0.374 e. The van der Waals surface area contributed by atoms with Crippen LogP contribution in [0.1, 0.15) is 25.3 Å². The van der Waals surface area contributed by atoms with Crippen molar-refractivity contribution >= 4 is 29.0 Å². The molecule has 9 heteroatoms. The lowest BCUT2D eigenvalue weighted by Gasteiger charge is -2.28. The Morgan fingerprint density at radius 1 is 1.17 bits per heavy atom. The molecule has 3 aromatic rings. The van der Waals surface area contributed by atoms with Crippen LogP contribution in [0.15, 0.2) is 52.4 Å². The summed E-state index contributed by atoms with van der Waals surface area (Å²) >= 11 is 1.42. The van der Waals surface area contributed by atoms with Gasteiger partial charge in [-0.1, -0.05) is 37.2 Å². The molecule has 5 rings (SSSR count). The van der Waals surface area contributed by atoms with Crippen molar-refractivity contribution in [2.24, 2.45) is 0 Å². The smallest absolute Gasteiger partial charge is 0.317 e. The van der Waals surface area contributed by atoms with E-state index in [1.54, 1.807) is 12.1 Å². The monoisotopic (exact) mass is 424 g/mol. The van der Waals surface area contributed by atoms with Crippen LogP contribution in [-0.2, 0) is 10.5 Å². The molecule has 3 heterocycles. The van der Waals surface area contributed by atoms with E-state index in [2.05, 4.69) is 27.6 Å². The standard InChI is InChI=1S/C21H18FN5O2S/c1-2-3-10-30-20-24-18(28)17-13-6-4-5-7-15(13)25-21(27(17)26-20)14-11-12(22)8-9-16(14)23-19(21)29/h4-9,11H,2-3,10H2,1H3,(H2,23,24,26,28,29)/p+1/t21-/m0/s1. The zero-order valence-corrected chi connectivity index (χ0v) is 17.0. The maximum atomic E-state index is 14.2. The van der Waals surface area contributed by atoms with E-state index in [-0.39, 0.29) is 11.3 Å². The molecule has 7 nitrogen and oxygen atoms in total. The van der Waals surface area contributed by atoms with E-state index in [4.69, 9.17) is 0 Å². The van der Waals surface area contributed by atoms with Crippen molar-refractivity contribution in [1.82, 2.24) is 10.1 Å². The minimum atomic E-state index is -1.56. The summed E-state index contributed by atoms with van der Waals surface area (Å²) in [6, 6.07) is 11.3. The van der Waals surface area contributed by atoms with Gasteiger partial charge in [0.15, 0.2) is 0 Å². The SMILES string of the molecule is CCCCSc1n[n+]2c(c(=O)[nH]1)-c1ccccc1N[C@]21C(=O)Nc2ccc(F)cc21. The first kappa shape index (κ1) is 18.8. The van der Waals surface area contributed by atoms with E-state index in [1.807, 2.05) is 12.1 Å². The van der Waals surface area contributed by atoms with E-state index in [0.717, 1.165) is 18.6 Å². The van der Waals surface area contributed by atoms with Gasteiger partial charge in [-0.3, -0.25) is 14.6 Å². The van der Waals surface area contributed by atoms with Crippen LogP contribution in [0.3, 0.4) is 0 Å². The lowest BCUT2D eigenvalue weighted by molar-refractivity contribution is -0.781. The number of rotatable bonds is 4. The van der Waals surface area contributed by atoms with Crippen LogP contribution in [-0.4, -0.2) is 21.7 Å². The van der Waals surface area contributed by atoms with Crippen LogP contribution in [0.4, 0.5) is 15.8 Å². The number of benzene rings is 2. The second kappa shape index (κ2) is 6.94. The van der Waals surface area contributed by atoms with Gasteiger partial charge in [0.25, 0.3) is 0 Å². The first-order valence-corrected chi connectivity index (χ1v) is 10.7. The van der Waals surface area contributed by atoms with Crippen LogP contribution in [0.2, 0.25) is 0 Å². The minimum absolute atomic E-state index is 0.247. The van der Waals surface area contributed by atoms with Gasteiger partial charge in [-0.05, 0) is 41.4 Å². The molecule has 0 radical (unpaired) electrons. The second-order valence-electron chi connectivity index (χ2n) is 7.25. The number of nitrogens with one attached hydrogen (secondary N) is 3. The summed E-state index contributed by atoms with van der Waals surface area (Å²) in [6.45, 7) is 2.09. The summed E-state index contributed by atoms with van der Waals surface area (Å²) in [5, 5.41) is 11.1. The number of nitrogens with zero attached hydrogens (tertiary/aromatic N) is 2. The number of halogens is 1. The average molecular weight is 424 g/mol. The van der Waals surface area contributed by atoms with Gasteiger partial charge in [-0.15, -0.1) is 0 Å². The molecule has 3 N–H and O–H groups in total. The van der Waals surface area contributed by atoms with Gasteiger partial charge in [-0.2, -0.15) is 0 Å². The molecule has 1 atom stereocenters. The molecule has 1 amide bonds. The third kappa shape index (κ3) is 2.65. The quantitative estimate of drug-likeness (QED) is 0.340. The number of aromatic nitrogens is 3. The predicted molar refractivity (Wildman–Crippen MR) is 112 cm³/mol. The zero-order chi connectivity index (χ0) is 20.9. The van der Waals surface area contributed by atoms with E-state index in [0.29, 0.717) is 27.7 Å². The number of para-hydroxylation sites is 1. The van der Waals surface area contributed by atoms with Crippen molar-refractivity contribution in [2.45, 2.75) is 30.6 Å². The maximum absolute atomic E-state index is 14.2. The Labute approximate surface area is 175 Å². The van der Waals surface area contributed by atoms with Crippen molar-refractivity contribution in [3.63, 3.8) is 0 Å². The molecule has 0 saturated carbocycles. The number of fused-ring (bicyclic) bond motifs is 6. The predicted octanol–water partition coefficient (Wildman–Crippen LogP) is 2.83. The summed E-state index contributed by atoms with van der Waals surface area (Å²) in [4.78, 5) is 29.3. The maximum Gasteiger partial charge on any atom is 0.374 e. The molecule has 2 aliphatic rings. The van der Waals surface area contributed by atoms with Gasteiger partial charge in [0.05, 0.1) is 22.5 Å². The molecule has 2 aromatic carbocycles. The highest BCUT2D eigenvalue weighted by molar-refractivity contribution is 7.99. The zero-order valence-electron chi connectivity index (χ0n) is 16.2. The fraction of sp³-hybridized carbons (Fsp3) is 0.238. The van der Waals surface area contributed by atoms with E-state index < -0.39 is 17.4 Å². The second-order valence-corrected chi connectivity index (χ2v) is 8.33. The number of carbonyl (C=O) groups excluding carboxylic acids is 1. The normalized spacial score (nSPS) is 18.4. The molecule has 152 valence electrons. The van der Waals surface area contributed by atoms with Crippen molar-refractivity contribution in [3.05, 3.63) is 64.2 Å². The minimum Gasteiger partial charge on any atom is -0.317 e. The van der Waals surface area contributed by atoms with Crippen LogP contribution in [0, 0.1) is 5.82 Å². The molecular weight excluding hydrogens is 405 g/mol. The van der Waals surface area contributed by atoms with Crippen LogP contribution in [0.25, 0.3) is 11.3 Å². The first-order chi connectivity index (χ1) is 14.5. The molecule has 2 aliphatic heterocycles. The Hall–Kier alpha value is -3.20. The molecule has 0 fully saturated rings. The molecule has 30 heavy (non-hydrogen) atoms. The Morgan fingerprint density at radius 3 is 2.83 bits per heavy atom. The summed E-state index contributed by atoms with van der Waals surface area (Å²) in [7, 11) is 0. The van der Waals surface area contributed by atoms with Gasteiger partial charge in [0.1, 0.15) is 5.82 Å². The molecule has 0 aliphatic carbocycles. The number of amides is 1. The number of H-pyrrole nitrogens is 1. The van der Waals surface area contributed by atoms with Gasteiger partial charge in [-0.25, -0.2) is 4.39 Å². The lowest BCUT2D eigenvalue weighted by Crippen LogP contribution is -2.71. The number of carbonyl (C=O) groups is 1. The highest BCUT2D eigenvalue weighted by Gasteiger charge is 2.62. The fourth-order valence-corrected chi connectivity index (χ4v) is 4.85. The molecule has 1 aromatic heterocycles. The van der Waals surface area contributed by atoms with E-state index >= 15 is 0 Å². The van der Waals surface area contributed by atoms with Crippen LogP contribution in [0.5, 0.6) is 0 Å². The van der Waals surface area contributed by atoms with Crippen molar-refractivity contribution in [1.29, 1.82) is 0 Å². The number of thioether (sulfide) groups is 1. The highest BCUT2D eigenvalue weighted by atomic mass is 32.2. The van der Waals surface area contributed by atoms with E-state index in [1.165, 1.54) is 34.6 Å². The first-order valence-electron chi connectivity index (χ1n) is 9.73.